The van der Waals surface area contributed by atoms with Gasteiger partial charge in [0.1, 0.15) is 11.5 Å². The summed E-state index contributed by atoms with van der Waals surface area (Å²) in [5.74, 6) is 0.175. The molecule has 0 unspecified atom stereocenters. The summed E-state index contributed by atoms with van der Waals surface area (Å²) in [5, 5.41) is 3.88. The van der Waals surface area contributed by atoms with E-state index in [4.69, 9.17) is 56.5 Å². The molecule has 0 saturated carbocycles. The van der Waals surface area contributed by atoms with E-state index in [1.807, 2.05) is 0 Å². The number of hydrazine groups is 1. The Kier molecular flexibility index (Phi) is 9.96. The van der Waals surface area contributed by atoms with Crippen molar-refractivity contribution in [1.29, 1.82) is 0 Å². The van der Waals surface area contributed by atoms with Crippen LogP contribution in [0.15, 0.2) is 42.5 Å². The van der Waals surface area contributed by atoms with Gasteiger partial charge in [0.2, 0.25) is 5.91 Å². The number of halogens is 3. The van der Waals surface area contributed by atoms with Gasteiger partial charge in [0, 0.05) is 16.5 Å². The highest BCUT2D eigenvalue weighted by Crippen LogP contribution is 2.27. The average molecular weight is 491 g/mol. The third kappa shape index (κ3) is 9.04. The number of amides is 2. The van der Waals surface area contributed by atoms with Gasteiger partial charge in [-0.25, -0.2) is 0 Å². The molecule has 2 aromatic carbocycles. The summed E-state index contributed by atoms with van der Waals surface area (Å²) < 4.78 is 10.8. The Labute approximate surface area is 193 Å². The summed E-state index contributed by atoms with van der Waals surface area (Å²) in [6.45, 7) is 0.0452. The number of carbonyl (C=O) groups is 2. The van der Waals surface area contributed by atoms with Crippen LogP contribution in [0.5, 0.6) is 11.5 Å². The third-order valence-electron chi connectivity index (χ3n) is 3.45. The second-order valence-corrected chi connectivity index (χ2v) is 7.51. The van der Waals surface area contributed by atoms with Crippen molar-refractivity contribution in [3.63, 3.8) is 0 Å². The van der Waals surface area contributed by atoms with Crippen LogP contribution in [0, 0.1) is 0 Å². The Hall–Kier alpha value is -2.26. The van der Waals surface area contributed by atoms with Gasteiger partial charge in [0.15, 0.2) is 11.7 Å². The molecule has 0 radical (unpaired) electrons. The second-order valence-electron chi connectivity index (χ2n) is 5.82. The van der Waals surface area contributed by atoms with Crippen LogP contribution in [0.3, 0.4) is 0 Å². The highest BCUT2D eigenvalue weighted by Gasteiger charge is 2.08. The number of hydrogen-bond donors (Lipinski definition) is 3. The lowest BCUT2D eigenvalue weighted by Gasteiger charge is -2.12. The number of nitrogens with one attached hydrogen (secondary N) is 3. The Bertz CT molecular complexity index is 897. The fourth-order valence-corrected chi connectivity index (χ4v) is 2.82. The molecule has 0 aliphatic heterocycles. The maximum absolute atomic E-state index is 11.9. The molecule has 0 aliphatic carbocycles. The van der Waals surface area contributed by atoms with Crippen molar-refractivity contribution < 1.29 is 19.1 Å². The van der Waals surface area contributed by atoms with Crippen LogP contribution in [0.25, 0.3) is 0 Å². The summed E-state index contributed by atoms with van der Waals surface area (Å²) in [6, 6.07) is 11.5. The van der Waals surface area contributed by atoms with Crippen molar-refractivity contribution in [2.75, 3.05) is 13.2 Å². The van der Waals surface area contributed by atoms with Crippen LogP contribution in [0.1, 0.15) is 12.8 Å². The molecule has 0 heterocycles. The molecule has 11 heteroatoms. The predicted molar refractivity (Wildman–Crippen MR) is 120 cm³/mol. The second kappa shape index (κ2) is 12.4. The van der Waals surface area contributed by atoms with E-state index in [-0.39, 0.29) is 30.7 Å². The first-order chi connectivity index (χ1) is 14.3. The lowest BCUT2D eigenvalue weighted by Crippen LogP contribution is -2.49. The summed E-state index contributed by atoms with van der Waals surface area (Å²) in [4.78, 5) is 23.6. The van der Waals surface area contributed by atoms with Crippen molar-refractivity contribution in [3.8, 4) is 11.5 Å². The van der Waals surface area contributed by atoms with Crippen LogP contribution in [0.4, 0.5) is 0 Å². The molecule has 2 rings (SSSR count). The molecule has 30 heavy (non-hydrogen) atoms. The minimum absolute atomic E-state index is 0.0403. The number of benzene rings is 2. The van der Waals surface area contributed by atoms with E-state index in [0.29, 0.717) is 33.0 Å². The maximum Gasteiger partial charge on any atom is 0.276 e. The first kappa shape index (κ1) is 24.0. The van der Waals surface area contributed by atoms with Gasteiger partial charge in [-0.2, -0.15) is 0 Å². The van der Waals surface area contributed by atoms with Gasteiger partial charge >= 0.3 is 0 Å². The van der Waals surface area contributed by atoms with Gasteiger partial charge in [-0.1, -0.05) is 34.8 Å². The van der Waals surface area contributed by atoms with Crippen LogP contribution in [-0.2, 0) is 9.59 Å². The van der Waals surface area contributed by atoms with Gasteiger partial charge in [-0.05, 0) is 61.1 Å². The molecule has 0 aliphatic rings. The Morgan fingerprint density at radius 1 is 0.900 bits per heavy atom. The fourth-order valence-electron chi connectivity index (χ4n) is 2.07. The molecule has 2 amide bonds. The monoisotopic (exact) mass is 489 g/mol. The minimum Gasteiger partial charge on any atom is -0.492 e. The number of carbonyl (C=O) groups excluding carboxylic acids is 2. The normalized spacial score (nSPS) is 10.1. The molecule has 0 aromatic heterocycles. The van der Waals surface area contributed by atoms with E-state index in [2.05, 4.69) is 16.2 Å². The van der Waals surface area contributed by atoms with Crippen molar-refractivity contribution >= 4 is 63.9 Å². The molecule has 3 N–H and O–H groups in total. The average Bonchev–Trinajstić information content (AvgIpc) is 2.70. The number of hydrogen-bond acceptors (Lipinski definition) is 5. The van der Waals surface area contributed by atoms with Crippen molar-refractivity contribution in [2.24, 2.45) is 0 Å². The van der Waals surface area contributed by atoms with Crippen molar-refractivity contribution in [2.45, 2.75) is 12.8 Å². The zero-order valence-corrected chi connectivity index (χ0v) is 18.6. The van der Waals surface area contributed by atoms with Gasteiger partial charge < -0.3 is 14.8 Å². The summed E-state index contributed by atoms with van der Waals surface area (Å²) in [5.41, 5.74) is 4.75. The van der Waals surface area contributed by atoms with Crippen LogP contribution >= 0.6 is 47.0 Å². The highest BCUT2D eigenvalue weighted by molar-refractivity contribution is 7.80. The van der Waals surface area contributed by atoms with Gasteiger partial charge in [0.25, 0.3) is 5.91 Å². The van der Waals surface area contributed by atoms with Crippen molar-refractivity contribution in [1.82, 2.24) is 16.2 Å². The molecule has 160 valence electrons. The molecule has 2 aromatic rings. The molecular formula is C19H18Cl3N3O4S. The first-order valence-electron chi connectivity index (χ1n) is 8.68. The maximum atomic E-state index is 11.9. The van der Waals surface area contributed by atoms with Gasteiger partial charge in [-0.15, -0.1) is 0 Å². The molecule has 0 bridgehead atoms. The van der Waals surface area contributed by atoms with E-state index in [9.17, 15) is 9.59 Å². The Morgan fingerprint density at radius 2 is 1.60 bits per heavy atom. The summed E-state index contributed by atoms with van der Waals surface area (Å²) in [6.07, 6.45) is 0.606. The lowest BCUT2D eigenvalue weighted by atomic mass is 10.3. The molecule has 0 spiro atoms. The Balaban J connectivity index is 1.58. The number of thiocarbonyl (C=S) groups is 1. The zero-order chi connectivity index (χ0) is 21.9. The molecule has 7 nitrogen and oxygen atoms in total. The molecule has 0 atom stereocenters. The molecule has 0 saturated heterocycles. The van der Waals surface area contributed by atoms with Crippen LogP contribution < -0.4 is 25.6 Å². The summed E-state index contributed by atoms with van der Waals surface area (Å²) in [7, 11) is 0. The SMILES string of the molecule is O=C(COc1ccc(Cl)cc1)NNC(=S)NC(=O)CCCOc1ccc(Cl)cc1Cl. The fraction of sp³-hybridized carbons (Fsp3) is 0.211. The van der Waals surface area contributed by atoms with E-state index in [1.54, 1.807) is 42.5 Å². The van der Waals surface area contributed by atoms with E-state index < -0.39 is 5.91 Å². The standard InChI is InChI=1S/C19H18Cl3N3O4S/c20-12-3-6-14(7-4-12)29-11-18(27)24-25-19(30)23-17(26)2-1-9-28-16-8-5-13(21)10-15(16)22/h3-8,10H,1-2,9,11H2,(H,24,27)(H2,23,25,26,30). The van der Waals surface area contributed by atoms with Crippen LogP contribution in [0.2, 0.25) is 15.1 Å². The first-order valence-corrected chi connectivity index (χ1v) is 10.2. The lowest BCUT2D eigenvalue weighted by molar-refractivity contribution is -0.124. The highest BCUT2D eigenvalue weighted by atomic mass is 35.5. The molecular weight excluding hydrogens is 473 g/mol. The largest absolute Gasteiger partial charge is 0.492 e. The van der Waals surface area contributed by atoms with Crippen molar-refractivity contribution in [3.05, 3.63) is 57.5 Å². The minimum atomic E-state index is -0.477. The van der Waals surface area contributed by atoms with E-state index in [1.165, 1.54) is 0 Å². The Morgan fingerprint density at radius 3 is 2.30 bits per heavy atom. The quantitative estimate of drug-likeness (QED) is 0.295. The van der Waals surface area contributed by atoms with E-state index in [0.717, 1.165) is 0 Å². The molecule has 0 fully saturated rings. The zero-order valence-electron chi connectivity index (χ0n) is 15.5. The van der Waals surface area contributed by atoms with Gasteiger partial charge in [-0.3, -0.25) is 20.4 Å². The summed E-state index contributed by atoms with van der Waals surface area (Å²) >= 11 is 22.5. The third-order valence-corrected chi connectivity index (χ3v) is 4.44. The number of rotatable bonds is 8. The van der Waals surface area contributed by atoms with Gasteiger partial charge in [0.05, 0.1) is 11.6 Å². The van der Waals surface area contributed by atoms with Crippen LogP contribution in [-0.4, -0.2) is 30.1 Å². The number of ether oxygens (including phenoxy) is 2. The van der Waals surface area contributed by atoms with E-state index >= 15 is 0 Å². The topological polar surface area (TPSA) is 88.7 Å². The predicted octanol–water partition coefficient (Wildman–Crippen LogP) is 3.91. The smallest absolute Gasteiger partial charge is 0.276 e.